The summed E-state index contributed by atoms with van der Waals surface area (Å²) in [5.41, 5.74) is 2.37. The van der Waals surface area contributed by atoms with Gasteiger partial charge in [0, 0.05) is 26.3 Å². The van der Waals surface area contributed by atoms with Gasteiger partial charge in [0.15, 0.2) is 0 Å². The Kier molecular flexibility index (Phi) is 6.52. The van der Waals surface area contributed by atoms with Crippen LogP contribution in [0.3, 0.4) is 0 Å². The third kappa shape index (κ3) is 6.16. The maximum Gasteiger partial charge on any atom is 0.405 e. The van der Waals surface area contributed by atoms with Gasteiger partial charge in [0.05, 0.1) is 0 Å². The molecule has 1 aromatic carbocycles. The first-order valence-electron chi connectivity index (χ1n) is 6.93. The molecule has 0 fully saturated rings. The van der Waals surface area contributed by atoms with Gasteiger partial charge >= 0.3 is 6.09 Å². The van der Waals surface area contributed by atoms with Crippen LogP contribution in [0.4, 0.5) is 10.5 Å². The standard InChI is InChI=1S/C15H23N3O3/c1-11(17-15(20)21)14(19)16-10-4-5-12-6-8-13(9-7-12)18(2)3/h6-9,11,17H,4-5,10H2,1-3H3,(H,16,19)(H,20,21)/t11-/m1/s1. The van der Waals surface area contributed by atoms with Crippen LogP contribution in [0, 0.1) is 0 Å². The van der Waals surface area contributed by atoms with Gasteiger partial charge in [-0.15, -0.1) is 0 Å². The number of benzene rings is 1. The summed E-state index contributed by atoms with van der Waals surface area (Å²) >= 11 is 0. The highest BCUT2D eigenvalue weighted by atomic mass is 16.4. The topological polar surface area (TPSA) is 81.7 Å². The second kappa shape index (κ2) is 8.14. The van der Waals surface area contributed by atoms with E-state index in [1.54, 1.807) is 0 Å². The van der Waals surface area contributed by atoms with Gasteiger partial charge in [-0.3, -0.25) is 4.79 Å². The van der Waals surface area contributed by atoms with Crippen molar-refractivity contribution in [3.05, 3.63) is 29.8 Å². The molecule has 0 aliphatic heterocycles. The van der Waals surface area contributed by atoms with Crippen LogP contribution in [-0.4, -0.2) is 43.8 Å². The van der Waals surface area contributed by atoms with Crippen LogP contribution in [0.5, 0.6) is 0 Å². The van der Waals surface area contributed by atoms with E-state index in [1.807, 2.05) is 19.0 Å². The van der Waals surface area contributed by atoms with E-state index < -0.39 is 12.1 Å². The number of carbonyl (C=O) groups is 2. The van der Waals surface area contributed by atoms with Crippen molar-refractivity contribution in [3.63, 3.8) is 0 Å². The third-order valence-corrected chi connectivity index (χ3v) is 3.13. The molecule has 0 aromatic heterocycles. The molecular weight excluding hydrogens is 270 g/mol. The van der Waals surface area contributed by atoms with Crippen molar-refractivity contribution in [2.75, 3.05) is 25.5 Å². The Morgan fingerprint density at radius 1 is 1.24 bits per heavy atom. The second-order valence-electron chi connectivity index (χ2n) is 5.13. The summed E-state index contributed by atoms with van der Waals surface area (Å²) in [7, 11) is 3.99. The molecule has 3 N–H and O–H groups in total. The molecule has 0 bridgehead atoms. The Morgan fingerprint density at radius 3 is 2.38 bits per heavy atom. The summed E-state index contributed by atoms with van der Waals surface area (Å²) in [4.78, 5) is 24.0. The Balaban J connectivity index is 2.27. The zero-order valence-corrected chi connectivity index (χ0v) is 12.7. The van der Waals surface area contributed by atoms with Gasteiger partial charge in [0.25, 0.3) is 0 Å². The van der Waals surface area contributed by atoms with Gasteiger partial charge in [0.2, 0.25) is 5.91 Å². The van der Waals surface area contributed by atoms with E-state index in [-0.39, 0.29) is 5.91 Å². The molecule has 21 heavy (non-hydrogen) atoms. The SMILES string of the molecule is C[C@@H](NC(=O)O)C(=O)NCCCc1ccc(N(C)C)cc1. The summed E-state index contributed by atoms with van der Waals surface area (Å²) in [6, 6.07) is 7.54. The Labute approximate surface area is 125 Å². The second-order valence-corrected chi connectivity index (χ2v) is 5.13. The number of hydrogen-bond acceptors (Lipinski definition) is 3. The molecular formula is C15H23N3O3. The first kappa shape index (κ1) is 16.8. The lowest BCUT2D eigenvalue weighted by molar-refractivity contribution is -0.122. The molecule has 6 heteroatoms. The minimum atomic E-state index is -1.20. The van der Waals surface area contributed by atoms with Crippen molar-refractivity contribution in [3.8, 4) is 0 Å². The zero-order chi connectivity index (χ0) is 15.8. The first-order chi connectivity index (χ1) is 9.90. The van der Waals surface area contributed by atoms with Crippen molar-refractivity contribution in [2.24, 2.45) is 0 Å². The van der Waals surface area contributed by atoms with Gasteiger partial charge in [0.1, 0.15) is 6.04 Å². The molecule has 0 aliphatic carbocycles. The monoisotopic (exact) mass is 293 g/mol. The lowest BCUT2D eigenvalue weighted by atomic mass is 10.1. The van der Waals surface area contributed by atoms with Crippen molar-refractivity contribution in [1.29, 1.82) is 0 Å². The number of carboxylic acid groups (broad SMARTS) is 1. The summed E-state index contributed by atoms with van der Waals surface area (Å²) in [5.74, 6) is -0.305. The van der Waals surface area contributed by atoms with Crippen molar-refractivity contribution in [2.45, 2.75) is 25.8 Å². The quantitative estimate of drug-likeness (QED) is 0.665. The number of aryl methyl sites for hydroxylation is 1. The van der Waals surface area contributed by atoms with E-state index in [2.05, 4.69) is 34.9 Å². The Morgan fingerprint density at radius 2 is 1.86 bits per heavy atom. The molecule has 0 radical (unpaired) electrons. The van der Waals surface area contributed by atoms with Crippen molar-refractivity contribution >= 4 is 17.7 Å². The highest BCUT2D eigenvalue weighted by molar-refractivity contribution is 5.84. The van der Waals surface area contributed by atoms with Gasteiger partial charge in [-0.25, -0.2) is 4.79 Å². The number of hydrogen-bond donors (Lipinski definition) is 3. The fraction of sp³-hybridized carbons (Fsp3) is 0.467. The van der Waals surface area contributed by atoms with Crippen LogP contribution in [0.2, 0.25) is 0 Å². The van der Waals surface area contributed by atoms with E-state index in [0.717, 1.165) is 18.5 Å². The number of nitrogens with zero attached hydrogens (tertiary/aromatic N) is 1. The molecule has 116 valence electrons. The van der Waals surface area contributed by atoms with Crippen LogP contribution in [-0.2, 0) is 11.2 Å². The van der Waals surface area contributed by atoms with Crippen molar-refractivity contribution in [1.82, 2.24) is 10.6 Å². The molecule has 0 saturated heterocycles. The van der Waals surface area contributed by atoms with E-state index in [0.29, 0.717) is 6.54 Å². The lowest BCUT2D eigenvalue weighted by Gasteiger charge is -2.13. The number of nitrogens with one attached hydrogen (secondary N) is 2. The van der Waals surface area contributed by atoms with E-state index in [1.165, 1.54) is 12.5 Å². The summed E-state index contributed by atoms with van der Waals surface area (Å²) in [5, 5.41) is 13.4. The van der Waals surface area contributed by atoms with Crippen LogP contribution in [0.1, 0.15) is 18.9 Å². The fourth-order valence-electron chi connectivity index (χ4n) is 1.87. The highest BCUT2D eigenvalue weighted by Crippen LogP contribution is 2.13. The normalized spacial score (nSPS) is 11.6. The number of amides is 2. The Hall–Kier alpha value is -2.24. The molecule has 1 aromatic rings. The molecule has 0 saturated carbocycles. The van der Waals surface area contributed by atoms with E-state index in [9.17, 15) is 9.59 Å². The molecule has 0 unspecified atom stereocenters. The largest absolute Gasteiger partial charge is 0.465 e. The number of anilines is 1. The predicted octanol–water partition coefficient (Wildman–Crippen LogP) is 1.46. The summed E-state index contributed by atoms with van der Waals surface area (Å²) in [6.45, 7) is 2.04. The van der Waals surface area contributed by atoms with Crippen LogP contribution in [0.25, 0.3) is 0 Å². The van der Waals surface area contributed by atoms with Crippen LogP contribution in [0.15, 0.2) is 24.3 Å². The highest BCUT2D eigenvalue weighted by Gasteiger charge is 2.13. The van der Waals surface area contributed by atoms with Crippen LogP contribution < -0.4 is 15.5 Å². The smallest absolute Gasteiger partial charge is 0.405 e. The number of carbonyl (C=O) groups excluding carboxylic acids is 1. The molecule has 0 aliphatic rings. The summed E-state index contributed by atoms with van der Waals surface area (Å²) < 4.78 is 0. The maximum absolute atomic E-state index is 11.6. The predicted molar refractivity (Wildman–Crippen MR) is 82.7 cm³/mol. The molecule has 1 rings (SSSR count). The zero-order valence-electron chi connectivity index (χ0n) is 12.7. The third-order valence-electron chi connectivity index (χ3n) is 3.13. The van der Waals surface area contributed by atoms with Crippen LogP contribution >= 0.6 is 0 Å². The van der Waals surface area contributed by atoms with Gasteiger partial charge in [-0.05, 0) is 37.5 Å². The number of rotatable bonds is 7. The fourth-order valence-corrected chi connectivity index (χ4v) is 1.87. The average molecular weight is 293 g/mol. The van der Waals surface area contributed by atoms with E-state index >= 15 is 0 Å². The Bertz CT molecular complexity index is 472. The van der Waals surface area contributed by atoms with E-state index in [4.69, 9.17) is 5.11 Å². The minimum Gasteiger partial charge on any atom is -0.465 e. The summed E-state index contributed by atoms with van der Waals surface area (Å²) in [6.07, 6.45) is 0.486. The molecule has 0 spiro atoms. The molecule has 1 atom stereocenters. The molecule has 6 nitrogen and oxygen atoms in total. The van der Waals surface area contributed by atoms with Crippen molar-refractivity contribution < 1.29 is 14.7 Å². The average Bonchev–Trinajstić information content (AvgIpc) is 2.43. The van der Waals surface area contributed by atoms with Gasteiger partial charge < -0.3 is 20.6 Å². The minimum absolute atomic E-state index is 0.305. The lowest BCUT2D eigenvalue weighted by Crippen LogP contribution is -2.44. The maximum atomic E-state index is 11.6. The van der Waals surface area contributed by atoms with Gasteiger partial charge in [-0.1, -0.05) is 12.1 Å². The van der Waals surface area contributed by atoms with Gasteiger partial charge in [-0.2, -0.15) is 0 Å². The first-order valence-corrected chi connectivity index (χ1v) is 6.93. The molecule has 0 heterocycles. The molecule has 2 amide bonds.